The van der Waals surface area contributed by atoms with Crippen LogP contribution in [0.4, 0.5) is 5.69 Å². The molecule has 3 rings (SSSR count). The summed E-state index contributed by atoms with van der Waals surface area (Å²) < 4.78 is 6.00. The average molecular weight is 372 g/mol. The molecule has 0 radical (unpaired) electrons. The van der Waals surface area contributed by atoms with Crippen LogP contribution in [0.1, 0.15) is 30.6 Å². The first-order chi connectivity index (χ1) is 12.7. The standard InChI is InChI=1S/C19H20N2O6/c1-10-5-4-6-12-17(10)27-18-13(21(12)11(2)22)7-8-14(23)16(18)19(26)20(3)9-15(24)25/h4,6-8,10,23H,5,9H2,1-3H3,(H,24,25). The lowest BCUT2D eigenvalue weighted by molar-refractivity contribution is -0.137. The Morgan fingerprint density at radius 1 is 1.33 bits per heavy atom. The number of carbonyl (C=O) groups is 3. The van der Waals surface area contributed by atoms with Crippen LogP contribution in [-0.2, 0) is 9.59 Å². The lowest BCUT2D eigenvalue weighted by Gasteiger charge is -2.36. The van der Waals surface area contributed by atoms with Crippen LogP contribution in [0.3, 0.4) is 0 Å². The van der Waals surface area contributed by atoms with Crippen LogP contribution in [0.2, 0.25) is 0 Å². The number of phenols is 1. The molecule has 8 nitrogen and oxygen atoms in total. The van der Waals surface area contributed by atoms with Crippen molar-refractivity contribution in [3.63, 3.8) is 0 Å². The molecule has 27 heavy (non-hydrogen) atoms. The lowest BCUT2D eigenvalue weighted by Crippen LogP contribution is -2.36. The van der Waals surface area contributed by atoms with Gasteiger partial charge in [-0.2, -0.15) is 0 Å². The fourth-order valence-electron chi connectivity index (χ4n) is 3.25. The number of benzene rings is 1. The summed E-state index contributed by atoms with van der Waals surface area (Å²) in [4.78, 5) is 38.5. The number of fused-ring (bicyclic) bond motifs is 1. The molecule has 0 spiro atoms. The predicted octanol–water partition coefficient (Wildman–Crippen LogP) is 2.10. The van der Waals surface area contributed by atoms with E-state index >= 15 is 0 Å². The van der Waals surface area contributed by atoms with Gasteiger partial charge in [0.25, 0.3) is 5.91 Å². The van der Waals surface area contributed by atoms with Crippen LogP contribution >= 0.6 is 0 Å². The molecule has 1 atom stereocenters. The van der Waals surface area contributed by atoms with E-state index in [1.54, 1.807) is 6.08 Å². The van der Waals surface area contributed by atoms with Crippen molar-refractivity contribution in [1.29, 1.82) is 0 Å². The Morgan fingerprint density at radius 2 is 2.04 bits per heavy atom. The molecule has 1 heterocycles. The number of aromatic hydroxyl groups is 1. The molecule has 0 bridgehead atoms. The highest BCUT2D eigenvalue weighted by Gasteiger charge is 2.36. The van der Waals surface area contributed by atoms with Crippen molar-refractivity contribution in [2.45, 2.75) is 20.3 Å². The van der Waals surface area contributed by atoms with Crippen LogP contribution in [-0.4, -0.2) is 46.5 Å². The maximum Gasteiger partial charge on any atom is 0.323 e. The van der Waals surface area contributed by atoms with Gasteiger partial charge in [0.1, 0.15) is 23.6 Å². The molecule has 2 N–H and O–H groups in total. The second-order valence-corrected chi connectivity index (χ2v) is 6.61. The van der Waals surface area contributed by atoms with E-state index < -0.39 is 18.4 Å². The number of amides is 2. The van der Waals surface area contributed by atoms with Gasteiger partial charge >= 0.3 is 5.97 Å². The number of allylic oxidation sites excluding steroid dienone is 3. The largest absolute Gasteiger partial charge is 0.507 e. The molecule has 0 aromatic heterocycles. The zero-order valence-electron chi connectivity index (χ0n) is 15.2. The third-order valence-corrected chi connectivity index (χ3v) is 4.52. The Hall–Kier alpha value is -3.29. The second-order valence-electron chi connectivity index (χ2n) is 6.61. The smallest absolute Gasteiger partial charge is 0.323 e. The number of hydrogen-bond acceptors (Lipinski definition) is 5. The molecule has 1 aliphatic carbocycles. The van der Waals surface area contributed by atoms with Gasteiger partial charge in [-0.05, 0) is 24.6 Å². The minimum Gasteiger partial charge on any atom is -0.507 e. The van der Waals surface area contributed by atoms with Gasteiger partial charge in [0, 0.05) is 19.9 Å². The number of likely N-dealkylation sites (N-methyl/N-ethyl adjacent to an activating group) is 1. The van der Waals surface area contributed by atoms with E-state index in [1.807, 2.05) is 13.0 Å². The maximum absolute atomic E-state index is 12.8. The maximum atomic E-state index is 12.8. The fraction of sp³-hybridized carbons (Fsp3) is 0.316. The molecule has 2 amide bonds. The summed E-state index contributed by atoms with van der Waals surface area (Å²) in [6.45, 7) is 2.80. The molecule has 0 saturated carbocycles. The van der Waals surface area contributed by atoms with Crippen LogP contribution in [0, 0.1) is 5.92 Å². The summed E-state index contributed by atoms with van der Waals surface area (Å²) in [5.74, 6) is -1.96. The summed E-state index contributed by atoms with van der Waals surface area (Å²) in [6, 6.07) is 2.79. The van der Waals surface area contributed by atoms with Gasteiger partial charge in [0.2, 0.25) is 5.91 Å². The number of phenolic OH excluding ortho intramolecular Hbond substituents is 1. The number of aliphatic carboxylic acids is 1. The number of carboxylic acid groups (broad SMARTS) is 1. The molecule has 1 aromatic rings. The second kappa shape index (κ2) is 6.79. The summed E-state index contributed by atoms with van der Waals surface area (Å²) in [5.41, 5.74) is 0.748. The van der Waals surface area contributed by atoms with Crippen molar-refractivity contribution < 1.29 is 29.3 Å². The first-order valence-electron chi connectivity index (χ1n) is 8.44. The van der Waals surface area contributed by atoms with Gasteiger partial charge in [-0.1, -0.05) is 13.0 Å². The number of ether oxygens (including phenoxy) is 1. The SMILES string of the molecule is CC(=O)N1C2=C(Oc3c1ccc(O)c3C(=O)N(C)CC(=O)O)C(C)CC=C2. The molecule has 0 fully saturated rings. The van der Waals surface area contributed by atoms with Gasteiger partial charge in [-0.25, -0.2) is 0 Å². The number of nitrogens with zero attached hydrogens (tertiary/aromatic N) is 2. The normalized spacial score (nSPS) is 17.7. The van der Waals surface area contributed by atoms with Crippen LogP contribution < -0.4 is 9.64 Å². The topological polar surface area (TPSA) is 107 Å². The van der Waals surface area contributed by atoms with Crippen molar-refractivity contribution in [3.05, 3.63) is 41.3 Å². The Morgan fingerprint density at radius 3 is 2.67 bits per heavy atom. The Bertz CT molecular complexity index is 902. The van der Waals surface area contributed by atoms with E-state index in [2.05, 4.69) is 0 Å². The molecule has 0 saturated heterocycles. The molecule has 142 valence electrons. The van der Waals surface area contributed by atoms with E-state index in [0.29, 0.717) is 23.6 Å². The molecule has 1 aliphatic heterocycles. The van der Waals surface area contributed by atoms with E-state index in [4.69, 9.17) is 9.84 Å². The zero-order chi connectivity index (χ0) is 19.9. The molecule has 2 aliphatic rings. The highest BCUT2D eigenvalue weighted by atomic mass is 16.5. The van der Waals surface area contributed by atoms with Crippen molar-refractivity contribution >= 4 is 23.5 Å². The molecular formula is C19H20N2O6. The summed E-state index contributed by atoms with van der Waals surface area (Å²) in [6.07, 6.45) is 4.45. The molecule has 1 unspecified atom stereocenters. The minimum atomic E-state index is -1.18. The molecule has 8 heteroatoms. The Balaban J connectivity index is 2.17. The fourth-order valence-corrected chi connectivity index (χ4v) is 3.25. The summed E-state index contributed by atoms with van der Waals surface area (Å²) in [7, 11) is 1.32. The molecule has 1 aromatic carbocycles. The van der Waals surface area contributed by atoms with Crippen molar-refractivity contribution in [2.24, 2.45) is 5.92 Å². The number of carbonyl (C=O) groups excluding carboxylic acids is 2. The quantitative estimate of drug-likeness (QED) is 0.841. The lowest BCUT2D eigenvalue weighted by atomic mass is 9.95. The van der Waals surface area contributed by atoms with Crippen LogP contribution in [0.5, 0.6) is 11.5 Å². The van der Waals surface area contributed by atoms with Crippen molar-refractivity contribution in [3.8, 4) is 11.5 Å². The van der Waals surface area contributed by atoms with E-state index in [-0.39, 0.29) is 28.9 Å². The predicted molar refractivity (Wildman–Crippen MR) is 96.4 cm³/mol. The third kappa shape index (κ3) is 3.14. The number of hydrogen-bond donors (Lipinski definition) is 2. The Labute approximate surface area is 155 Å². The van der Waals surface area contributed by atoms with Gasteiger partial charge in [-0.15, -0.1) is 0 Å². The van der Waals surface area contributed by atoms with Crippen molar-refractivity contribution in [2.75, 3.05) is 18.5 Å². The van der Waals surface area contributed by atoms with Crippen LogP contribution in [0.15, 0.2) is 35.7 Å². The van der Waals surface area contributed by atoms with E-state index in [9.17, 15) is 19.5 Å². The summed E-state index contributed by atoms with van der Waals surface area (Å²) >= 11 is 0. The third-order valence-electron chi connectivity index (χ3n) is 4.52. The monoisotopic (exact) mass is 372 g/mol. The first-order valence-corrected chi connectivity index (χ1v) is 8.44. The van der Waals surface area contributed by atoms with Gasteiger partial charge < -0.3 is 19.8 Å². The average Bonchev–Trinajstić information content (AvgIpc) is 2.59. The van der Waals surface area contributed by atoms with E-state index in [1.165, 1.54) is 31.0 Å². The molecular weight excluding hydrogens is 352 g/mol. The van der Waals surface area contributed by atoms with Gasteiger partial charge in [0.05, 0.1) is 11.4 Å². The number of anilines is 1. The highest BCUT2D eigenvalue weighted by Crippen LogP contribution is 2.46. The minimum absolute atomic E-state index is 0.0259. The van der Waals surface area contributed by atoms with Gasteiger partial charge in [-0.3, -0.25) is 19.3 Å². The first kappa shape index (κ1) is 18.5. The van der Waals surface area contributed by atoms with Crippen molar-refractivity contribution in [1.82, 2.24) is 4.90 Å². The van der Waals surface area contributed by atoms with Gasteiger partial charge in [0.15, 0.2) is 5.75 Å². The highest BCUT2D eigenvalue weighted by molar-refractivity contribution is 6.06. The van der Waals surface area contributed by atoms with Crippen LogP contribution in [0.25, 0.3) is 0 Å². The Kier molecular flexibility index (Phi) is 4.65. The number of carboxylic acids is 1. The van der Waals surface area contributed by atoms with E-state index in [0.717, 1.165) is 4.90 Å². The number of rotatable bonds is 3. The summed E-state index contributed by atoms with van der Waals surface area (Å²) in [5, 5.41) is 19.2. The zero-order valence-corrected chi connectivity index (χ0v) is 15.2.